The Labute approximate surface area is 157 Å². The van der Waals surface area contributed by atoms with Crippen LogP contribution in [0.3, 0.4) is 0 Å². The normalized spacial score (nSPS) is 12.9. The lowest BCUT2D eigenvalue weighted by molar-refractivity contribution is 0.102. The number of carbonyl (C=O) groups is 2. The highest BCUT2D eigenvalue weighted by molar-refractivity contribution is 8.13. The van der Waals surface area contributed by atoms with Crippen molar-refractivity contribution in [3.8, 4) is 0 Å². The molecule has 26 heavy (non-hydrogen) atoms. The van der Waals surface area contributed by atoms with Gasteiger partial charge in [-0.1, -0.05) is 24.3 Å². The standard InChI is InChI=1S/C20H21N3O2S/c1-22(2)20(25)26-18-8-4-3-7-17(18)21-19(24)15-9-11-16(12-10-15)23-13-5-6-14-23/h3-12H,13-14H2,1-2H3,(H,21,24). The largest absolute Gasteiger partial charge is 0.364 e. The Bertz CT molecular complexity index is 823. The minimum absolute atomic E-state index is 0.0877. The lowest BCUT2D eigenvalue weighted by atomic mass is 10.1. The van der Waals surface area contributed by atoms with Crippen LogP contribution in [0.4, 0.5) is 16.2 Å². The number of nitrogens with zero attached hydrogens (tertiary/aromatic N) is 2. The van der Waals surface area contributed by atoms with Crippen LogP contribution in [0.2, 0.25) is 0 Å². The average Bonchev–Trinajstić information content (AvgIpc) is 3.18. The average molecular weight is 367 g/mol. The molecule has 1 aliphatic rings. The molecule has 0 bridgehead atoms. The van der Waals surface area contributed by atoms with Gasteiger partial charge in [-0.15, -0.1) is 0 Å². The van der Waals surface area contributed by atoms with Crippen molar-refractivity contribution in [2.24, 2.45) is 0 Å². The van der Waals surface area contributed by atoms with E-state index in [4.69, 9.17) is 0 Å². The van der Waals surface area contributed by atoms with E-state index in [0.29, 0.717) is 11.3 Å². The molecule has 0 saturated carbocycles. The van der Waals surface area contributed by atoms with Gasteiger partial charge in [0, 0.05) is 43.3 Å². The molecule has 0 radical (unpaired) electrons. The van der Waals surface area contributed by atoms with Crippen LogP contribution < -0.4 is 10.2 Å². The Hall–Kier alpha value is -2.73. The van der Waals surface area contributed by atoms with E-state index in [1.54, 1.807) is 20.2 Å². The molecule has 0 unspecified atom stereocenters. The molecule has 0 aromatic heterocycles. The number of amides is 2. The maximum atomic E-state index is 12.6. The highest BCUT2D eigenvalue weighted by Gasteiger charge is 2.14. The highest BCUT2D eigenvalue weighted by Crippen LogP contribution is 2.29. The van der Waals surface area contributed by atoms with Gasteiger partial charge in [-0.2, -0.15) is 0 Å². The predicted octanol–water partition coefficient (Wildman–Crippen LogP) is 4.09. The van der Waals surface area contributed by atoms with Gasteiger partial charge >= 0.3 is 0 Å². The van der Waals surface area contributed by atoms with Crippen LogP contribution in [0.5, 0.6) is 0 Å². The first-order valence-electron chi connectivity index (χ1n) is 8.34. The molecule has 2 amide bonds. The Morgan fingerprint density at radius 3 is 2.31 bits per heavy atom. The molecule has 0 fully saturated rings. The number of hydrogen-bond acceptors (Lipinski definition) is 4. The number of rotatable bonds is 4. The van der Waals surface area contributed by atoms with Gasteiger partial charge < -0.3 is 15.1 Å². The van der Waals surface area contributed by atoms with Crippen molar-refractivity contribution in [3.63, 3.8) is 0 Å². The highest BCUT2D eigenvalue weighted by atomic mass is 32.2. The van der Waals surface area contributed by atoms with Crippen LogP contribution in [0.25, 0.3) is 0 Å². The van der Waals surface area contributed by atoms with Crippen LogP contribution >= 0.6 is 11.8 Å². The van der Waals surface area contributed by atoms with Gasteiger partial charge in [0.25, 0.3) is 11.1 Å². The maximum Gasteiger partial charge on any atom is 0.286 e. The number of carbonyl (C=O) groups excluding carboxylic acids is 2. The Morgan fingerprint density at radius 2 is 1.65 bits per heavy atom. The summed E-state index contributed by atoms with van der Waals surface area (Å²) in [5.41, 5.74) is 2.31. The number of hydrogen-bond donors (Lipinski definition) is 1. The van der Waals surface area contributed by atoms with Gasteiger partial charge in [0.1, 0.15) is 0 Å². The summed E-state index contributed by atoms with van der Waals surface area (Å²) in [5.74, 6) is -0.193. The number of thioether (sulfide) groups is 1. The smallest absolute Gasteiger partial charge is 0.286 e. The van der Waals surface area contributed by atoms with Crippen LogP contribution in [-0.4, -0.2) is 43.2 Å². The van der Waals surface area contributed by atoms with Crippen molar-refractivity contribution < 1.29 is 9.59 Å². The minimum Gasteiger partial charge on any atom is -0.364 e. The molecular weight excluding hydrogens is 346 g/mol. The Kier molecular flexibility index (Phi) is 5.63. The maximum absolute atomic E-state index is 12.6. The molecule has 0 spiro atoms. The topological polar surface area (TPSA) is 52.7 Å². The summed E-state index contributed by atoms with van der Waals surface area (Å²) in [6.45, 7) is 1.80. The fraction of sp³-hybridized carbons (Fsp3) is 0.200. The molecule has 3 rings (SSSR count). The summed E-state index contributed by atoms with van der Waals surface area (Å²) in [7, 11) is 3.40. The van der Waals surface area contributed by atoms with Crippen LogP contribution in [0.15, 0.2) is 65.6 Å². The van der Waals surface area contributed by atoms with Gasteiger partial charge in [0.05, 0.1) is 5.69 Å². The van der Waals surface area contributed by atoms with E-state index >= 15 is 0 Å². The molecule has 0 saturated heterocycles. The summed E-state index contributed by atoms with van der Waals surface area (Å²) < 4.78 is 0. The Morgan fingerprint density at radius 1 is 1.00 bits per heavy atom. The second-order valence-corrected chi connectivity index (χ2v) is 7.13. The first kappa shape index (κ1) is 18.1. The third-order valence-corrected chi connectivity index (χ3v) is 5.13. The summed E-state index contributed by atoms with van der Waals surface area (Å²) in [6.07, 6.45) is 4.26. The molecule has 2 aromatic rings. The van der Waals surface area contributed by atoms with Crippen LogP contribution in [0.1, 0.15) is 10.4 Å². The van der Waals surface area contributed by atoms with E-state index in [1.807, 2.05) is 42.5 Å². The number of para-hydroxylation sites is 1. The zero-order chi connectivity index (χ0) is 18.5. The van der Waals surface area contributed by atoms with E-state index in [9.17, 15) is 9.59 Å². The first-order valence-corrected chi connectivity index (χ1v) is 9.16. The molecule has 1 N–H and O–H groups in total. The van der Waals surface area contributed by atoms with Gasteiger partial charge in [-0.05, 0) is 48.2 Å². The SMILES string of the molecule is CN(C)C(=O)Sc1ccccc1NC(=O)c1ccc(N2CC=CC2)cc1. The predicted molar refractivity (Wildman–Crippen MR) is 107 cm³/mol. The monoisotopic (exact) mass is 367 g/mol. The second kappa shape index (κ2) is 8.10. The summed E-state index contributed by atoms with van der Waals surface area (Å²) >= 11 is 1.09. The number of nitrogens with one attached hydrogen (secondary N) is 1. The molecule has 0 atom stereocenters. The molecule has 6 heteroatoms. The fourth-order valence-electron chi connectivity index (χ4n) is 2.55. The lowest BCUT2D eigenvalue weighted by Gasteiger charge is -2.18. The van der Waals surface area contributed by atoms with E-state index in [-0.39, 0.29) is 11.1 Å². The van der Waals surface area contributed by atoms with Crippen molar-refractivity contribution >= 4 is 34.3 Å². The Balaban J connectivity index is 1.71. The van der Waals surface area contributed by atoms with Gasteiger partial charge in [-0.25, -0.2) is 0 Å². The van der Waals surface area contributed by atoms with Crippen LogP contribution in [0, 0.1) is 0 Å². The molecular formula is C20H21N3O2S. The minimum atomic E-state index is -0.193. The molecule has 134 valence electrons. The molecule has 2 aromatic carbocycles. The van der Waals surface area contributed by atoms with Crippen molar-refractivity contribution in [3.05, 3.63) is 66.2 Å². The third-order valence-electron chi connectivity index (χ3n) is 4.01. The third kappa shape index (κ3) is 4.26. The quantitative estimate of drug-likeness (QED) is 0.653. The van der Waals surface area contributed by atoms with Crippen molar-refractivity contribution in [2.45, 2.75) is 4.90 Å². The zero-order valence-corrected chi connectivity index (χ0v) is 15.6. The van der Waals surface area contributed by atoms with Gasteiger partial charge in [0.2, 0.25) is 0 Å². The van der Waals surface area contributed by atoms with E-state index in [2.05, 4.69) is 22.4 Å². The van der Waals surface area contributed by atoms with Crippen molar-refractivity contribution in [1.29, 1.82) is 0 Å². The molecule has 1 aliphatic heterocycles. The van der Waals surface area contributed by atoms with Crippen molar-refractivity contribution in [2.75, 3.05) is 37.4 Å². The first-order chi connectivity index (χ1) is 12.5. The number of benzene rings is 2. The van der Waals surface area contributed by atoms with Crippen LogP contribution in [-0.2, 0) is 0 Å². The molecule has 1 heterocycles. The summed E-state index contributed by atoms with van der Waals surface area (Å²) in [5, 5.41) is 2.82. The number of anilines is 2. The second-order valence-electron chi connectivity index (χ2n) is 6.14. The van der Waals surface area contributed by atoms with Gasteiger partial charge in [-0.3, -0.25) is 9.59 Å². The van der Waals surface area contributed by atoms with Gasteiger partial charge in [0.15, 0.2) is 0 Å². The summed E-state index contributed by atoms with van der Waals surface area (Å²) in [4.78, 5) is 29.0. The lowest BCUT2D eigenvalue weighted by Crippen LogP contribution is -2.19. The van der Waals surface area contributed by atoms with E-state index in [1.165, 1.54) is 4.90 Å². The van der Waals surface area contributed by atoms with Crippen molar-refractivity contribution in [1.82, 2.24) is 4.90 Å². The molecule has 0 aliphatic carbocycles. The van der Waals surface area contributed by atoms with E-state index in [0.717, 1.165) is 35.4 Å². The molecule has 5 nitrogen and oxygen atoms in total. The summed E-state index contributed by atoms with van der Waals surface area (Å²) in [6, 6.07) is 14.9. The zero-order valence-electron chi connectivity index (χ0n) is 14.8. The fourth-order valence-corrected chi connectivity index (χ4v) is 3.30. The van der Waals surface area contributed by atoms with E-state index < -0.39 is 0 Å².